The first-order chi connectivity index (χ1) is 14.7. The van der Waals surface area contributed by atoms with Crippen LogP contribution in [0.5, 0.6) is 11.6 Å². The average molecular weight is 413 g/mol. The molecule has 2 heterocycles. The van der Waals surface area contributed by atoms with E-state index < -0.39 is 4.92 Å². The molecule has 30 heavy (non-hydrogen) atoms. The lowest BCUT2D eigenvalue weighted by atomic mass is 9.98. The first kappa shape index (κ1) is 20.2. The monoisotopic (exact) mass is 413 g/mol. The fraction of sp³-hybridized carbons (Fsp3) is 0.524. The molecular weight excluding hydrogens is 386 g/mol. The molecule has 0 atom stereocenters. The van der Waals surface area contributed by atoms with Crippen LogP contribution in [0.15, 0.2) is 30.6 Å². The number of rotatable bonds is 6. The molecule has 0 spiro atoms. The number of methoxy groups -OCH3 is 1. The largest absolute Gasteiger partial charge is 0.497 e. The van der Waals surface area contributed by atoms with Crippen LogP contribution in [0.1, 0.15) is 32.1 Å². The molecule has 0 N–H and O–H groups in total. The lowest BCUT2D eigenvalue weighted by Gasteiger charge is -2.36. The standard InChI is InChI=1S/C21H27N5O4/c1-29-17-9-7-16(8-10-17)24-11-13-25(14-12-24)20-19(26(27)28)21(23-15-22-20)30-18-5-3-2-4-6-18/h7-10,15,18H,2-6,11-14H2,1H3. The van der Waals surface area contributed by atoms with Gasteiger partial charge in [0.1, 0.15) is 18.2 Å². The van der Waals surface area contributed by atoms with Gasteiger partial charge in [0.15, 0.2) is 0 Å². The van der Waals surface area contributed by atoms with Gasteiger partial charge >= 0.3 is 5.69 Å². The van der Waals surface area contributed by atoms with Gasteiger partial charge in [-0.05, 0) is 49.9 Å². The van der Waals surface area contributed by atoms with E-state index in [0.717, 1.165) is 50.2 Å². The third-order valence-electron chi connectivity index (χ3n) is 5.80. The summed E-state index contributed by atoms with van der Waals surface area (Å²) in [4.78, 5) is 24.0. The Morgan fingerprint density at radius 3 is 2.30 bits per heavy atom. The normalized spacial score (nSPS) is 17.6. The molecule has 1 saturated heterocycles. The van der Waals surface area contributed by atoms with Gasteiger partial charge in [0.25, 0.3) is 5.88 Å². The predicted octanol–water partition coefficient (Wildman–Crippen LogP) is 3.43. The van der Waals surface area contributed by atoms with Crippen LogP contribution in [0.4, 0.5) is 17.2 Å². The maximum atomic E-state index is 11.9. The molecule has 2 aromatic rings. The minimum atomic E-state index is -0.413. The lowest BCUT2D eigenvalue weighted by molar-refractivity contribution is -0.385. The van der Waals surface area contributed by atoms with Gasteiger partial charge in [-0.15, -0.1) is 0 Å². The van der Waals surface area contributed by atoms with Crippen LogP contribution in [0.2, 0.25) is 0 Å². The molecule has 2 fully saturated rings. The Morgan fingerprint density at radius 1 is 1.00 bits per heavy atom. The number of hydrogen-bond donors (Lipinski definition) is 0. The van der Waals surface area contributed by atoms with Crippen molar-refractivity contribution >= 4 is 17.2 Å². The molecule has 1 aromatic carbocycles. The smallest absolute Gasteiger partial charge is 0.372 e. The minimum absolute atomic E-state index is 0.00730. The lowest BCUT2D eigenvalue weighted by Crippen LogP contribution is -2.47. The van der Waals surface area contributed by atoms with Gasteiger partial charge in [-0.3, -0.25) is 10.1 Å². The number of hydrogen-bond acceptors (Lipinski definition) is 8. The van der Waals surface area contributed by atoms with Crippen LogP contribution < -0.4 is 19.3 Å². The number of aromatic nitrogens is 2. The van der Waals surface area contributed by atoms with Gasteiger partial charge in [-0.2, -0.15) is 4.98 Å². The predicted molar refractivity (Wildman–Crippen MR) is 114 cm³/mol. The van der Waals surface area contributed by atoms with E-state index in [2.05, 4.69) is 14.9 Å². The van der Waals surface area contributed by atoms with Crippen LogP contribution in [-0.4, -0.2) is 54.3 Å². The summed E-state index contributed by atoms with van der Waals surface area (Å²) in [6.07, 6.45) is 6.56. The highest BCUT2D eigenvalue weighted by Crippen LogP contribution is 2.36. The summed E-state index contributed by atoms with van der Waals surface area (Å²) in [6, 6.07) is 7.92. The molecule has 160 valence electrons. The van der Waals surface area contributed by atoms with Crippen molar-refractivity contribution < 1.29 is 14.4 Å². The summed E-state index contributed by atoms with van der Waals surface area (Å²) in [5.74, 6) is 1.25. The Morgan fingerprint density at radius 2 is 1.67 bits per heavy atom. The number of anilines is 2. The van der Waals surface area contributed by atoms with Crippen LogP contribution in [-0.2, 0) is 0 Å². The van der Waals surface area contributed by atoms with Crippen molar-refractivity contribution in [3.63, 3.8) is 0 Å². The van der Waals surface area contributed by atoms with Gasteiger partial charge in [0, 0.05) is 31.9 Å². The molecule has 4 rings (SSSR count). The number of benzene rings is 1. The first-order valence-electron chi connectivity index (χ1n) is 10.5. The van der Waals surface area contributed by atoms with Crippen LogP contribution in [0.3, 0.4) is 0 Å². The Labute approximate surface area is 175 Å². The molecule has 1 aromatic heterocycles. The minimum Gasteiger partial charge on any atom is -0.497 e. The quantitative estimate of drug-likeness (QED) is 0.525. The van der Waals surface area contributed by atoms with Crippen molar-refractivity contribution in [2.24, 2.45) is 0 Å². The number of ether oxygens (including phenoxy) is 2. The molecule has 9 heteroatoms. The van der Waals surface area contributed by atoms with Crippen molar-refractivity contribution in [1.29, 1.82) is 0 Å². The van der Waals surface area contributed by atoms with E-state index in [1.54, 1.807) is 7.11 Å². The van der Waals surface area contributed by atoms with Crippen LogP contribution in [0.25, 0.3) is 0 Å². The number of piperazine rings is 1. The zero-order valence-electron chi connectivity index (χ0n) is 17.2. The summed E-state index contributed by atoms with van der Waals surface area (Å²) in [7, 11) is 1.65. The van der Waals surface area contributed by atoms with Gasteiger partial charge in [-0.1, -0.05) is 6.42 Å². The Bertz CT molecular complexity index is 862. The highest BCUT2D eigenvalue weighted by Gasteiger charge is 2.31. The fourth-order valence-corrected chi connectivity index (χ4v) is 4.14. The molecule has 1 aliphatic heterocycles. The zero-order valence-corrected chi connectivity index (χ0v) is 17.2. The number of nitrogens with zero attached hydrogens (tertiary/aromatic N) is 5. The molecule has 1 saturated carbocycles. The van der Waals surface area contributed by atoms with E-state index in [0.29, 0.717) is 18.9 Å². The van der Waals surface area contributed by atoms with Crippen LogP contribution >= 0.6 is 0 Å². The number of nitro groups is 1. The summed E-state index contributed by atoms with van der Waals surface area (Å²) < 4.78 is 11.2. The van der Waals surface area contributed by atoms with Crippen molar-refractivity contribution in [2.45, 2.75) is 38.2 Å². The topological polar surface area (TPSA) is 93.9 Å². The highest BCUT2D eigenvalue weighted by molar-refractivity contribution is 5.63. The second-order valence-corrected chi connectivity index (χ2v) is 7.66. The molecule has 0 unspecified atom stereocenters. The van der Waals surface area contributed by atoms with E-state index in [1.165, 1.54) is 12.7 Å². The summed E-state index contributed by atoms with van der Waals surface area (Å²) >= 11 is 0. The maximum Gasteiger partial charge on any atom is 0.372 e. The second kappa shape index (κ2) is 9.15. The second-order valence-electron chi connectivity index (χ2n) is 7.66. The van der Waals surface area contributed by atoms with Gasteiger partial charge in [0.05, 0.1) is 12.0 Å². The fourth-order valence-electron chi connectivity index (χ4n) is 4.14. The van der Waals surface area contributed by atoms with Crippen molar-refractivity contribution in [2.75, 3.05) is 43.1 Å². The Hall–Kier alpha value is -3.10. The average Bonchev–Trinajstić information content (AvgIpc) is 2.79. The Kier molecular flexibility index (Phi) is 6.15. The summed E-state index contributed by atoms with van der Waals surface area (Å²) in [5.41, 5.74) is 0.981. The van der Waals surface area contributed by atoms with E-state index in [9.17, 15) is 10.1 Å². The van der Waals surface area contributed by atoms with Gasteiger partial charge in [-0.25, -0.2) is 4.98 Å². The third-order valence-corrected chi connectivity index (χ3v) is 5.80. The zero-order chi connectivity index (χ0) is 20.9. The van der Waals surface area contributed by atoms with E-state index in [4.69, 9.17) is 9.47 Å². The molecule has 0 bridgehead atoms. The highest BCUT2D eigenvalue weighted by atomic mass is 16.6. The van der Waals surface area contributed by atoms with Crippen molar-refractivity contribution in [1.82, 2.24) is 9.97 Å². The molecule has 2 aliphatic rings. The molecule has 0 radical (unpaired) electrons. The Balaban J connectivity index is 1.48. The van der Waals surface area contributed by atoms with Crippen molar-refractivity contribution in [3.8, 4) is 11.6 Å². The first-order valence-corrected chi connectivity index (χ1v) is 10.5. The molecular formula is C21H27N5O4. The third kappa shape index (κ3) is 4.39. The van der Waals surface area contributed by atoms with E-state index in [1.807, 2.05) is 29.2 Å². The molecule has 9 nitrogen and oxygen atoms in total. The molecule has 1 aliphatic carbocycles. The van der Waals surface area contributed by atoms with E-state index >= 15 is 0 Å². The summed E-state index contributed by atoms with van der Waals surface area (Å²) in [6.45, 7) is 2.75. The maximum absolute atomic E-state index is 11.9. The SMILES string of the molecule is COc1ccc(N2CCN(c3ncnc(OC4CCCCC4)c3[N+](=O)[O-])CC2)cc1. The van der Waals surface area contributed by atoms with Gasteiger partial charge < -0.3 is 19.3 Å². The molecule has 0 amide bonds. The van der Waals surface area contributed by atoms with Gasteiger partial charge in [0.2, 0.25) is 5.82 Å². The summed E-state index contributed by atoms with van der Waals surface area (Å²) in [5, 5.41) is 11.9. The van der Waals surface area contributed by atoms with E-state index in [-0.39, 0.29) is 17.7 Å². The van der Waals surface area contributed by atoms with Crippen LogP contribution in [0, 0.1) is 10.1 Å². The van der Waals surface area contributed by atoms with Crippen molar-refractivity contribution in [3.05, 3.63) is 40.7 Å².